The number of para-hydroxylation sites is 1. The van der Waals surface area contributed by atoms with Crippen molar-refractivity contribution in [3.63, 3.8) is 0 Å². The highest BCUT2D eigenvalue weighted by Gasteiger charge is 2.16. The lowest BCUT2D eigenvalue weighted by atomic mass is 10.1. The molecule has 5 nitrogen and oxygen atoms in total. The Labute approximate surface area is 109 Å². The Balaban J connectivity index is 2.71. The van der Waals surface area contributed by atoms with Crippen LogP contribution in [0.4, 0.5) is 11.4 Å². The highest BCUT2D eigenvalue weighted by molar-refractivity contribution is 7.84. The summed E-state index contributed by atoms with van der Waals surface area (Å²) in [4.78, 5) is 10.6. The summed E-state index contributed by atoms with van der Waals surface area (Å²) < 4.78 is 11.2. The quantitative estimate of drug-likeness (QED) is 0.636. The minimum absolute atomic E-state index is 0.0846. The predicted molar refractivity (Wildman–Crippen MR) is 74.5 cm³/mol. The molecule has 0 aliphatic rings. The topological polar surface area (TPSA) is 72.2 Å². The fourth-order valence-corrected chi connectivity index (χ4v) is 2.07. The van der Waals surface area contributed by atoms with Gasteiger partial charge < -0.3 is 5.32 Å². The Hall–Kier alpha value is -1.43. The second-order valence-corrected chi connectivity index (χ2v) is 6.05. The molecule has 0 radical (unpaired) electrons. The first-order valence-corrected chi connectivity index (χ1v) is 7.35. The third kappa shape index (κ3) is 3.80. The number of nitrogens with one attached hydrogen (secondary N) is 1. The van der Waals surface area contributed by atoms with Crippen molar-refractivity contribution in [1.29, 1.82) is 0 Å². The normalized spacial score (nSPS) is 13.9. The zero-order chi connectivity index (χ0) is 13.7. The number of nitro benzene ring substituents is 1. The van der Waals surface area contributed by atoms with Gasteiger partial charge in [-0.15, -0.1) is 0 Å². The molecule has 6 heteroatoms. The van der Waals surface area contributed by atoms with Crippen LogP contribution < -0.4 is 5.32 Å². The number of anilines is 1. The van der Waals surface area contributed by atoms with E-state index in [-0.39, 0.29) is 15.9 Å². The van der Waals surface area contributed by atoms with E-state index in [4.69, 9.17) is 0 Å². The number of nitrogens with zero attached hydrogens (tertiary/aromatic N) is 1. The summed E-state index contributed by atoms with van der Waals surface area (Å²) in [6.07, 6.45) is 2.38. The van der Waals surface area contributed by atoms with Crippen LogP contribution in [-0.2, 0) is 10.8 Å². The number of benzene rings is 1. The minimum atomic E-state index is -0.861. The molecule has 0 spiro atoms. The van der Waals surface area contributed by atoms with E-state index in [0.29, 0.717) is 24.2 Å². The van der Waals surface area contributed by atoms with E-state index in [1.165, 1.54) is 0 Å². The van der Waals surface area contributed by atoms with Crippen molar-refractivity contribution >= 4 is 22.2 Å². The van der Waals surface area contributed by atoms with Gasteiger partial charge in [-0.3, -0.25) is 14.3 Å². The van der Waals surface area contributed by atoms with Crippen LogP contribution in [0.25, 0.3) is 0 Å². The molecule has 0 saturated carbocycles. The van der Waals surface area contributed by atoms with E-state index in [0.717, 1.165) is 0 Å². The van der Waals surface area contributed by atoms with Crippen LogP contribution >= 0.6 is 0 Å². The lowest BCUT2D eigenvalue weighted by Crippen LogP contribution is -2.15. The molecule has 2 atom stereocenters. The van der Waals surface area contributed by atoms with Gasteiger partial charge in [-0.2, -0.15) is 0 Å². The van der Waals surface area contributed by atoms with Gasteiger partial charge in [0.25, 0.3) is 5.69 Å². The van der Waals surface area contributed by atoms with E-state index in [9.17, 15) is 14.3 Å². The Morgan fingerprint density at radius 1 is 1.50 bits per heavy atom. The van der Waals surface area contributed by atoms with E-state index in [1.807, 2.05) is 6.92 Å². The second-order valence-electron chi connectivity index (χ2n) is 4.25. The summed E-state index contributed by atoms with van der Waals surface area (Å²) in [6, 6.07) is 5.19. The SMILES string of the molecule is Cc1cccc(NCCC(C)S(C)=O)c1[N+](=O)[O-]. The molecular weight excluding hydrogens is 252 g/mol. The van der Waals surface area contributed by atoms with Crippen molar-refractivity contribution in [1.82, 2.24) is 0 Å². The standard InChI is InChI=1S/C12H18N2O3S/c1-9-5-4-6-11(12(9)14(15)16)13-8-7-10(2)18(3)17/h4-6,10,13H,7-8H2,1-3H3. The molecule has 0 saturated heterocycles. The summed E-state index contributed by atoms with van der Waals surface area (Å²) in [6.45, 7) is 4.19. The van der Waals surface area contributed by atoms with Crippen LogP contribution in [0.5, 0.6) is 0 Å². The number of hydrogen-bond acceptors (Lipinski definition) is 4. The van der Waals surface area contributed by atoms with E-state index >= 15 is 0 Å². The molecule has 1 aromatic rings. The zero-order valence-electron chi connectivity index (χ0n) is 10.8. The maximum Gasteiger partial charge on any atom is 0.295 e. The molecule has 0 aliphatic heterocycles. The second kappa shape index (κ2) is 6.49. The first-order valence-electron chi connectivity index (χ1n) is 5.73. The molecule has 0 aromatic heterocycles. The van der Waals surface area contributed by atoms with Gasteiger partial charge in [0.05, 0.1) is 4.92 Å². The van der Waals surface area contributed by atoms with E-state index < -0.39 is 10.8 Å². The molecule has 0 aliphatic carbocycles. The average molecular weight is 270 g/mol. The smallest absolute Gasteiger partial charge is 0.295 e. The third-order valence-corrected chi connectivity index (χ3v) is 4.22. The summed E-state index contributed by atoms with van der Waals surface area (Å²) in [7, 11) is -0.861. The van der Waals surface area contributed by atoms with Gasteiger partial charge >= 0.3 is 0 Å². The summed E-state index contributed by atoms with van der Waals surface area (Å²) in [5, 5.41) is 14.1. The Bertz CT molecular complexity index is 463. The zero-order valence-corrected chi connectivity index (χ0v) is 11.6. The minimum Gasteiger partial charge on any atom is -0.379 e. The molecule has 100 valence electrons. The van der Waals surface area contributed by atoms with Crippen LogP contribution in [0.3, 0.4) is 0 Å². The van der Waals surface area contributed by atoms with Crippen LogP contribution in [0.2, 0.25) is 0 Å². The van der Waals surface area contributed by atoms with Gasteiger partial charge in [0.15, 0.2) is 0 Å². The molecule has 1 N–H and O–H groups in total. The average Bonchev–Trinajstić information content (AvgIpc) is 2.28. The molecule has 0 bridgehead atoms. The number of hydrogen-bond donors (Lipinski definition) is 1. The van der Waals surface area contributed by atoms with Gasteiger partial charge in [-0.25, -0.2) is 0 Å². The summed E-state index contributed by atoms with van der Waals surface area (Å²) >= 11 is 0. The molecule has 1 rings (SSSR count). The van der Waals surface area contributed by atoms with Crippen molar-refractivity contribution in [3.05, 3.63) is 33.9 Å². The van der Waals surface area contributed by atoms with E-state index in [1.54, 1.807) is 31.4 Å². The summed E-state index contributed by atoms with van der Waals surface area (Å²) in [5.74, 6) is 0. The Kier molecular flexibility index (Phi) is 5.27. The van der Waals surface area contributed by atoms with Gasteiger partial charge in [0, 0.05) is 34.4 Å². The molecule has 0 amide bonds. The van der Waals surface area contributed by atoms with Gasteiger partial charge in [0.1, 0.15) is 5.69 Å². The first kappa shape index (κ1) is 14.6. The molecular formula is C12H18N2O3S. The maximum atomic E-state index is 11.2. The molecule has 2 unspecified atom stereocenters. The highest BCUT2D eigenvalue weighted by atomic mass is 32.2. The third-order valence-electron chi connectivity index (χ3n) is 2.85. The van der Waals surface area contributed by atoms with Crippen molar-refractivity contribution in [2.75, 3.05) is 18.1 Å². The molecule has 1 aromatic carbocycles. The van der Waals surface area contributed by atoms with Crippen LogP contribution in [-0.4, -0.2) is 27.2 Å². The molecule has 18 heavy (non-hydrogen) atoms. The predicted octanol–water partition coefficient (Wildman–Crippen LogP) is 2.47. The molecule has 0 fully saturated rings. The lowest BCUT2D eigenvalue weighted by molar-refractivity contribution is -0.384. The van der Waals surface area contributed by atoms with Crippen LogP contribution in [0, 0.1) is 17.0 Å². The van der Waals surface area contributed by atoms with Crippen molar-refractivity contribution < 1.29 is 9.13 Å². The molecule has 0 heterocycles. The lowest BCUT2D eigenvalue weighted by Gasteiger charge is -2.11. The van der Waals surface area contributed by atoms with Crippen molar-refractivity contribution in [2.24, 2.45) is 0 Å². The fraction of sp³-hybridized carbons (Fsp3) is 0.500. The van der Waals surface area contributed by atoms with Gasteiger partial charge in [0.2, 0.25) is 0 Å². The fourth-order valence-electron chi connectivity index (χ4n) is 1.62. The Morgan fingerprint density at radius 3 is 2.72 bits per heavy atom. The largest absolute Gasteiger partial charge is 0.379 e. The maximum absolute atomic E-state index is 11.2. The number of aryl methyl sites for hydroxylation is 1. The first-order chi connectivity index (χ1) is 8.43. The van der Waals surface area contributed by atoms with E-state index in [2.05, 4.69) is 5.32 Å². The van der Waals surface area contributed by atoms with Crippen molar-refractivity contribution in [3.8, 4) is 0 Å². The van der Waals surface area contributed by atoms with Crippen LogP contribution in [0.15, 0.2) is 18.2 Å². The monoisotopic (exact) mass is 270 g/mol. The number of nitro groups is 1. The summed E-state index contributed by atoms with van der Waals surface area (Å²) in [5.41, 5.74) is 1.27. The highest BCUT2D eigenvalue weighted by Crippen LogP contribution is 2.27. The number of rotatable bonds is 6. The van der Waals surface area contributed by atoms with Crippen LogP contribution in [0.1, 0.15) is 18.9 Å². The van der Waals surface area contributed by atoms with Gasteiger partial charge in [-0.05, 0) is 19.4 Å². The Morgan fingerprint density at radius 2 is 2.17 bits per heavy atom. The van der Waals surface area contributed by atoms with Crippen molar-refractivity contribution in [2.45, 2.75) is 25.5 Å². The van der Waals surface area contributed by atoms with Gasteiger partial charge in [-0.1, -0.05) is 19.1 Å².